The molecule has 1 aromatic heterocycles. The summed E-state index contributed by atoms with van der Waals surface area (Å²) in [5.74, 6) is 0.686. The molecule has 0 atom stereocenters. The molecule has 0 amide bonds. The lowest BCUT2D eigenvalue weighted by Crippen LogP contribution is -2.14. The normalized spacial score (nSPS) is 9.18. The van der Waals surface area contributed by atoms with Crippen molar-refractivity contribution in [2.75, 3.05) is 12.4 Å². The zero-order valence-corrected chi connectivity index (χ0v) is 8.44. The third kappa shape index (κ3) is 4.64. The van der Waals surface area contributed by atoms with Gasteiger partial charge < -0.3 is 5.32 Å². The van der Waals surface area contributed by atoms with Gasteiger partial charge in [-0.05, 0) is 11.4 Å². The van der Waals surface area contributed by atoms with E-state index < -0.39 is 0 Å². The predicted octanol–water partition coefficient (Wildman–Crippen LogP) is 2.50. The van der Waals surface area contributed by atoms with Crippen molar-refractivity contribution in [2.45, 2.75) is 6.54 Å². The lowest BCUT2D eigenvalue weighted by Gasteiger charge is -1.97. The van der Waals surface area contributed by atoms with Crippen LogP contribution in [-0.2, 0) is 6.54 Å². The van der Waals surface area contributed by atoms with E-state index in [9.17, 15) is 0 Å². The van der Waals surface area contributed by atoms with Crippen molar-refractivity contribution in [1.29, 1.82) is 0 Å². The summed E-state index contributed by atoms with van der Waals surface area (Å²) in [4.78, 5) is 1.37. The van der Waals surface area contributed by atoms with Crippen LogP contribution < -0.4 is 5.32 Å². The Hall–Kier alpha value is 0.240. The Morgan fingerprint density at radius 1 is 1.55 bits per heavy atom. The minimum Gasteiger partial charge on any atom is -0.311 e. The molecule has 1 rings (SSSR count). The first kappa shape index (κ1) is 11.2. The van der Waals surface area contributed by atoms with Crippen LogP contribution in [0.1, 0.15) is 4.88 Å². The Morgan fingerprint density at radius 3 is 2.91 bits per heavy atom. The fourth-order valence-corrected chi connectivity index (χ4v) is 1.50. The number of thiophene rings is 1. The molecule has 1 nitrogen and oxygen atoms in total. The second kappa shape index (κ2) is 6.92. The quantitative estimate of drug-likeness (QED) is 0.597. The van der Waals surface area contributed by atoms with E-state index in [1.807, 2.05) is 0 Å². The average Bonchev–Trinajstić information content (AvgIpc) is 2.41. The lowest BCUT2D eigenvalue weighted by molar-refractivity contribution is 0.739. The second-order valence-corrected chi connectivity index (χ2v) is 3.36. The minimum atomic E-state index is 0. The first-order valence-electron chi connectivity index (χ1n) is 3.22. The highest BCUT2D eigenvalue weighted by molar-refractivity contribution is 7.09. The molecule has 1 aromatic rings. The van der Waals surface area contributed by atoms with Gasteiger partial charge >= 0.3 is 0 Å². The Labute approximate surface area is 82.2 Å². The number of rotatable bonds is 4. The first-order chi connectivity index (χ1) is 4.93. The summed E-state index contributed by atoms with van der Waals surface area (Å²) in [6.07, 6.45) is 0. The summed E-state index contributed by atoms with van der Waals surface area (Å²) in [6, 6.07) is 4.17. The summed E-state index contributed by atoms with van der Waals surface area (Å²) in [5, 5.41) is 5.30. The molecule has 1 heterocycles. The van der Waals surface area contributed by atoms with E-state index in [-0.39, 0.29) is 12.4 Å². The molecule has 11 heavy (non-hydrogen) atoms. The van der Waals surface area contributed by atoms with Crippen LogP contribution in [0, 0.1) is 0 Å². The highest BCUT2D eigenvalue weighted by Gasteiger charge is 1.89. The van der Waals surface area contributed by atoms with Crippen molar-refractivity contribution in [3.8, 4) is 0 Å². The van der Waals surface area contributed by atoms with Gasteiger partial charge in [0.05, 0.1) is 0 Å². The van der Waals surface area contributed by atoms with Crippen LogP contribution in [-0.4, -0.2) is 12.4 Å². The van der Waals surface area contributed by atoms with Crippen LogP contribution in [0.5, 0.6) is 0 Å². The highest BCUT2D eigenvalue weighted by atomic mass is 35.5. The standard InChI is InChI=1S/C7H10ClNS.ClH/c8-3-4-9-6-7-2-1-5-10-7;/h1-2,5,9H,3-4,6H2;1H. The number of hydrogen-bond acceptors (Lipinski definition) is 2. The third-order valence-electron chi connectivity index (χ3n) is 1.15. The highest BCUT2D eigenvalue weighted by Crippen LogP contribution is 2.06. The van der Waals surface area contributed by atoms with Crippen LogP contribution >= 0.6 is 35.3 Å². The monoisotopic (exact) mass is 211 g/mol. The molecule has 0 aliphatic heterocycles. The van der Waals surface area contributed by atoms with Gasteiger partial charge in [-0.1, -0.05) is 6.07 Å². The van der Waals surface area contributed by atoms with E-state index in [1.54, 1.807) is 11.3 Å². The van der Waals surface area contributed by atoms with Crippen LogP contribution in [0.4, 0.5) is 0 Å². The van der Waals surface area contributed by atoms with E-state index >= 15 is 0 Å². The van der Waals surface area contributed by atoms with E-state index in [4.69, 9.17) is 11.6 Å². The predicted molar refractivity (Wildman–Crippen MR) is 54.0 cm³/mol. The largest absolute Gasteiger partial charge is 0.311 e. The Balaban J connectivity index is 0.000001000. The Kier molecular flexibility index (Phi) is 7.07. The summed E-state index contributed by atoms with van der Waals surface area (Å²) >= 11 is 7.25. The molecule has 0 aliphatic rings. The van der Waals surface area contributed by atoms with Crippen LogP contribution in [0.2, 0.25) is 0 Å². The topological polar surface area (TPSA) is 12.0 Å². The molecule has 64 valence electrons. The number of alkyl halides is 1. The average molecular weight is 212 g/mol. The Morgan fingerprint density at radius 2 is 2.36 bits per heavy atom. The van der Waals surface area contributed by atoms with Gasteiger partial charge in [0.2, 0.25) is 0 Å². The minimum absolute atomic E-state index is 0. The fraction of sp³-hybridized carbons (Fsp3) is 0.429. The van der Waals surface area contributed by atoms with Crippen molar-refractivity contribution in [3.05, 3.63) is 22.4 Å². The summed E-state index contributed by atoms with van der Waals surface area (Å²) < 4.78 is 0. The zero-order chi connectivity index (χ0) is 7.23. The van der Waals surface area contributed by atoms with Gasteiger partial charge in [0, 0.05) is 23.8 Å². The van der Waals surface area contributed by atoms with Gasteiger partial charge in [0.1, 0.15) is 0 Å². The first-order valence-corrected chi connectivity index (χ1v) is 4.64. The molecule has 0 fully saturated rings. The van der Waals surface area contributed by atoms with Crippen molar-refractivity contribution in [1.82, 2.24) is 5.32 Å². The van der Waals surface area contributed by atoms with Gasteiger partial charge in [0.15, 0.2) is 0 Å². The van der Waals surface area contributed by atoms with Crippen molar-refractivity contribution in [3.63, 3.8) is 0 Å². The molecule has 0 radical (unpaired) electrons. The smallest absolute Gasteiger partial charge is 0.0348 e. The van der Waals surface area contributed by atoms with Gasteiger partial charge in [-0.3, -0.25) is 0 Å². The van der Waals surface area contributed by atoms with Crippen molar-refractivity contribution >= 4 is 35.3 Å². The van der Waals surface area contributed by atoms with Crippen LogP contribution in [0.15, 0.2) is 17.5 Å². The van der Waals surface area contributed by atoms with E-state index in [2.05, 4.69) is 22.8 Å². The third-order valence-corrected chi connectivity index (χ3v) is 2.22. The SMILES string of the molecule is Cl.ClCCNCc1cccs1. The van der Waals surface area contributed by atoms with Crippen molar-refractivity contribution < 1.29 is 0 Å². The molecule has 0 aliphatic carbocycles. The molecule has 4 heteroatoms. The van der Waals surface area contributed by atoms with E-state index in [1.165, 1.54) is 4.88 Å². The summed E-state index contributed by atoms with van der Waals surface area (Å²) in [7, 11) is 0. The molecule has 0 spiro atoms. The van der Waals surface area contributed by atoms with Crippen molar-refractivity contribution in [2.24, 2.45) is 0 Å². The number of halogens is 2. The maximum absolute atomic E-state index is 5.48. The van der Waals surface area contributed by atoms with Gasteiger partial charge in [0.25, 0.3) is 0 Å². The van der Waals surface area contributed by atoms with Crippen LogP contribution in [0.25, 0.3) is 0 Å². The molecule has 0 saturated carbocycles. The fourth-order valence-electron chi connectivity index (χ4n) is 0.692. The van der Waals surface area contributed by atoms with Gasteiger partial charge in [-0.15, -0.1) is 35.3 Å². The van der Waals surface area contributed by atoms with Crippen LogP contribution in [0.3, 0.4) is 0 Å². The second-order valence-electron chi connectivity index (χ2n) is 1.95. The Bertz CT molecular complexity index is 165. The molecule has 0 unspecified atom stereocenters. The molecule has 1 N–H and O–H groups in total. The maximum atomic E-state index is 5.48. The van der Waals surface area contributed by atoms with Gasteiger partial charge in [-0.2, -0.15) is 0 Å². The molecular formula is C7H11Cl2NS. The molecular weight excluding hydrogens is 201 g/mol. The lowest BCUT2D eigenvalue weighted by atomic mass is 10.4. The number of nitrogens with one attached hydrogen (secondary N) is 1. The van der Waals surface area contributed by atoms with Gasteiger partial charge in [-0.25, -0.2) is 0 Å². The number of hydrogen-bond donors (Lipinski definition) is 1. The maximum Gasteiger partial charge on any atom is 0.0348 e. The molecule has 0 saturated heterocycles. The summed E-state index contributed by atoms with van der Waals surface area (Å²) in [6.45, 7) is 1.84. The van der Waals surface area contributed by atoms with E-state index in [0.29, 0.717) is 5.88 Å². The molecule has 0 aromatic carbocycles. The summed E-state index contributed by atoms with van der Waals surface area (Å²) in [5.41, 5.74) is 0. The zero-order valence-electron chi connectivity index (χ0n) is 6.05. The molecule has 0 bridgehead atoms. The van der Waals surface area contributed by atoms with E-state index in [0.717, 1.165) is 13.1 Å².